The summed E-state index contributed by atoms with van der Waals surface area (Å²) in [6, 6.07) is 3.47. The lowest BCUT2D eigenvalue weighted by atomic mass is 9.75. The lowest BCUT2D eigenvalue weighted by Gasteiger charge is -2.34. The molecular formula is C28H39F6NO5S3. The van der Waals surface area contributed by atoms with Crippen LogP contribution >= 0.6 is 11.9 Å². The van der Waals surface area contributed by atoms with E-state index in [1.807, 2.05) is 0 Å². The Morgan fingerprint density at radius 2 is 1.07 bits per heavy atom. The Balaban J connectivity index is 1.86. The number of hydrogen-bond donors (Lipinski definition) is 1. The second-order valence-electron chi connectivity index (χ2n) is 12.0. The minimum absolute atomic E-state index is 0.0562. The molecular weight excluding hydrogens is 640 g/mol. The largest absolute Gasteiger partial charge is 0.450 e. The fourth-order valence-electron chi connectivity index (χ4n) is 6.72. The van der Waals surface area contributed by atoms with E-state index in [4.69, 9.17) is 4.18 Å². The third kappa shape index (κ3) is 6.70. The molecule has 0 amide bonds. The van der Waals surface area contributed by atoms with Crippen molar-refractivity contribution in [3.05, 3.63) is 28.8 Å². The van der Waals surface area contributed by atoms with Crippen molar-refractivity contribution >= 4 is 32.1 Å². The molecule has 1 aromatic rings. The van der Waals surface area contributed by atoms with E-state index >= 15 is 8.78 Å². The van der Waals surface area contributed by atoms with Gasteiger partial charge < -0.3 is 4.18 Å². The standard InChI is InChI=1S/C28H39F6NO5S3/c1-41-35-42(36,37)27(31,32)26(29,30)28(33,34)43(38,39)40-25-23(20-13-7-3-8-14-20)17-22(19-11-5-2-6-12-19)18-24(25)21-15-9-4-10-16-21/h17-21,35H,2-16H2,1H3. The van der Waals surface area contributed by atoms with Crippen molar-refractivity contribution < 1.29 is 47.4 Å². The zero-order valence-electron chi connectivity index (χ0n) is 24.0. The summed E-state index contributed by atoms with van der Waals surface area (Å²) in [6.07, 6.45) is 13.1. The Morgan fingerprint density at radius 1 is 0.674 bits per heavy atom. The van der Waals surface area contributed by atoms with Crippen molar-refractivity contribution in [1.29, 1.82) is 0 Å². The number of nitrogens with one attached hydrogen (secondary N) is 1. The topological polar surface area (TPSA) is 89.5 Å². The average Bonchev–Trinajstić information content (AvgIpc) is 2.98. The van der Waals surface area contributed by atoms with Gasteiger partial charge in [-0.05, 0) is 79.2 Å². The zero-order valence-corrected chi connectivity index (χ0v) is 26.5. The number of rotatable bonds is 11. The van der Waals surface area contributed by atoms with Gasteiger partial charge in [0.15, 0.2) is 0 Å². The molecule has 246 valence electrons. The van der Waals surface area contributed by atoms with Crippen LogP contribution in [0.15, 0.2) is 12.1 Å². The second-order valence-corrected chi connectivity index (χ2v) is 16.2. The highest BCUT2D eigenvalue weighted by molar-refractivity contribution is 8.09. The maximum absolute atomic E-state index is 15.2. The van der Waals surface area contributed by atoms with Crippen molar-refractivity contribution in [2.75, 3.05) is 6.26 Å². The molecule has 0 heterocycles. The van der Waals surface area contributed by atoms with E-state index in [1.165, 1.54) is 0 Å². The van der Waals surface area contributed by atoms with Gasteiger partial charge in [-0.2, -0.15) is 38.9 Å². The van der Waals surface area contributed by atoms with E-state index in [-0.39, 0.29) is 29.7 Å². The van der Waals surface area contributed by atoms with Gasteiger partial charge in [-0.25, -0.2) is 8.42 Å². The Hall–Kier alpha value is -1.19. The van der Waals surface area contributed by atoms with E-state index in [1.54, 1.807) is 12.1 Å². The molecule has 1 aromatic carbocycles. The van der Waals surface area contributed by atoms with Crippen LogP contribution in [0.2, 0.25) is 0 Å². The highest BCUT2D eigenvalue weighted by Crippen LogP contribution is 2.53. The quantitative estimate of drug-likeness (QED) is 0.143. The first-order valence-corrected chi connectivity index (χ1v) is 19.0. The molecule has 0 saturated heterocycles. The predicted molar refractivity (Wildman–Crippen MR) is 154 cm³/mol. The van der Waals surface area contributed by atoms with E-state index < -0.39 is 42.3 Å². The summed E-state index contributed by atoms with van der Waals surface area (Å²) in [4.78, 5) is 0. The maximum Gasteiger partial charge on any atom is 0.450 e. The van der Waals surface area contributed by atoms with Crippen molar-refractivity contribution in [2.45, 2.75) is 130 Å². The van der Waals surface area contributed by atoms with E-state index in [0.717, 1.165) is 86.6 Å². The second kappa shape index (κ2) is 13.3. The number of sulfonamides is 1. The summed E-state index contributed by atoms with van der Waals surface area (Å²) in [5, 5.41) is -13.1. The molecule has 1 N–H and O–H groups in total. The van der Waals surface area contributed by atoms with Crippen molar-refractivity contribution in [3.8, 4) is 5.75 Å². The summed E-state index contributed by atoms with van der Waals surface area (Å²) >= 11 is -0.0562. The van der Waals surface area contributed by atoms with Crippen LogP contribution in [0, 0.1) is 0 Å². The van der Waals surface area contributed by atoms with Gasteiger partial charge in [0, 0.05) is 0 Å². The fourth-order valence-corrected chi connectivity index (χ4v) is 9.50. The molecule has 0 bridgehead atoms. The summed E-state index contributed by atoms with van der Waals surface area (Å²) in [5.74, 6) is -7.82. The number of alkyl halides is 6. The molecule has 3 fully saturated rings. The lowest BCUT2D eigenvalue weighted by Crippen LogP contribution is -2.62. The SMILES string of the molecule is CSNS(=O)(=O)C(F)(F)C(F)(F)C(F)(F)S(=O)(=O)Oc1c(C2CCCCC2)cc(C2CCCCC2)cc1C1CCCCC1. The molecule has 0 unspecified atom stereocenters. The normalized spacial score (nSPS) is 21.2. The average molecular weight is 680 g/mol. The fraction of sp³-hybridized carbons (Fsp3) is 0.786. The van der Waals surface area contributed by atoms with Crippen molar-refractivity contribution in [2.24, 2.45) is 0 Å². The Kier molecular flexibility index (Phi) is 10.7. The maximum atomic E-state index is 15.2. The first-order valence-electron chi connectivity index (χ1n) is 14.9. The number of hydrogen-bond acceptors (Lipinski definition) is 6. The van der Waals surface area contributed by atoms with Crippen LogP contribution in [-0.2, 0) is 20.1 Å². The smallest absolute Gasteiger partial charge is 0.377 e. The summed E-state index contributed by atoms with van der Waals surface area (Å²) < 4.78 is 145. The third-order valence-electron chi connectivity index (χ3n) is 9.10. The monoisotopic (exact) mass is 679 g/mol. The first-order chi connectivity index (χ1) is 20.1. The van der Waals surface area contributed by atoms with Gasteiger partial charge in [0.2, 0.25) is 0 Å². The van der Waals surface area contributed by atoms with Gasteiger partial charge in [-0.15, -0.1) is 0 Å². The van der Waals surface area contributed by atoms with E-state index in [2.05, 4.69) is 0 Å². The third-order valence-corrected chi connectivity index (χ3v) is 12.9. The highest BCUT2D eigenvalue weighted by atomic mass is 32.3. The molecule has 0 radical (unpaired) electrons. The highest BCUT2D eigenvalue weighted by Gasteiger charge is 2.83. The van der Waals surface area contributed by atoms with Gasteiger partial charge in [0.1, 0.15) is 5.75 Å². The van der Waals surface area contributed by atoms with Crippen LogP contribution in [0.1, 0.15) is 131 Å². The number of benzene rings is 1. The molecule has 0 atom stereocenters. The predicted octanol–water partition coefficient (Wildman–Crippen LogP) is 8.56. The van der Waals surface area contributed by atoms with Crippen LogP contribution in [-0.4, -0.2) is 39.5 Å². The van der Waals surface area contributed by atoms with Crippen LogP contribution < -0.4 is 8.31 Å². The van der Waals surface area contributed by atoms with Gasteiger partial charge in [-0.3, -0.25) is 0 Å². The molecule has 0 spiro atoms. The molecule has 0 aliphatic heterocycles. The van der Waals surface area contributed by atoms with Crippen LogP contribution in [0.3, 0.4) is 0 Å². The molecule has 43 heavy (non-hydrogen) atoms. The number of halogens is 6. The molecule has 6 nitrogen and oxygen atoms in total. The summed E-state index contributed by atoms with van der Waals surface area (Å²) in [7, 11) is -13.3. The molecule has 15 heteroatoms. The Labute approximate surface area is 254 Å². The minimum Gasteiger partial charge on any atom is -0.377 e. The Morgan fingerprint density at radius 3 is 1.47 bits per heavy atom. The lowest BCUT2D eigenvalue weighted by molar-refractivity contribution is -0.245. The van der Waals surface area contributed by atoms with Crippen molar-refractivity contribution in [3.63, 3.8) is 0 Å². The van der Waals surface area contributed by atoms with Gasteiger partial charge in [-0.1, -0.05) is 81.9 Å². The molecule has 0 aromatic heterocycles. The van der Waals surface area contributed by atoms with Crippen LogP contribution in [0.5, 0.6) is 5.75 Å². The van der Waals surface area contributed by atoms with Gasteiger partial charge in [0.25, 0.3) is 10.0 Å². The summed E-state index contributed by atoms with van der Waals surface area (Å²) in [6.45, 7) is 0. The van der Waals surface area contributed by atoms with Crippen LogP contribution in [0.4, 0.5) is 26.3 Å². The first kappa shape index (κ1) is 34.7. The van der Waals surface area contributed by atoms with Gasteiger partial charge in [0.05, 0.1) is 0 Å². The zero-order chi connectivity index (χ0) is 31.7. The van der Waals surface area contributed by atoms with Crippen LogP contribution in [0.25, 0.3) is 0 Å². The van der Waals surface area contributed by atoms with E-state index in [0.29, 0.717) is 36.8 Å². The van der Waals surface area contributed by atoms with Gasteiger partial charge >= 0.3 is 26.5 Å². The summed E-state index contributed by atoms with van der Waals surface area (Å²) in [5.41, 5.74) is 1.55. The minimum atomic E-state index is -6.88. The van der Waals surface area contributed by atoms with Crippen molar-refractivity contribution in [1.82, 2.24) is 4.13 Å². The van der Waals surface area contributed by atoms with E-state index in [9.17, 15) is 34.4 Å². The molecule has 3 aliphatic carbocycles. The molecule has 3 saturated carbocycles. The Bertz CT molecular complexity index is 1300. The molecule has 4 rings (SSSR count). The molecule has 3 aliphatic rings.